The molecule has 1 aromatic heterocycles. The molecule has 1 N–H and O–H groups in total. The average molecular weight is 348 g/mol. The molecule has 5 nitrogen and oxygen atoms in total. The summed E-state index contributed by atoms with van der Waals surface area (Å²) in [5.41, 5.74) is 3.61. The van der Waals surface area contributed by atoms with Gasteiger partial charge in [0.25, 0.3) is 5.56 Å². The van der Waals surface area contributed by atoms with Gasteiger partial charge >= 0.3 is 0 Å². The van der Waals surface area contributed by atoms with E-state index in [1.165, 1.54) is 19.3 Å². The Labute approximate surface area is 153 Å². The van der Waals surface area contributed by atoms with Gasteiger partial charge in [-0.2, -0.15) is 5.26 Å². The number of nitrogens with one attached hydrogen (secondary N) is 1. The Kier molecular flexibility index (Phi) is 4.85. The van der Waals surface area contributed by atoms with Crippen molar-refractivity contribution in [3.8, 4) is 6.07 Å². The lowest BCUT2D eigenvalue weighted by Gasteiger charge is -2.29. The Balaban J connectivity index is 1.51. The molecule has 2 aromatic rings. The highest BCUT2D eigenvalue weighted by Crippen LogP contribution is 2.30. The number of rotatable bonds is 3. The second kappa shape index (κ2) is 7.43. The van der Waals surface area contributed by atoms with E-state index in [-0.39, 0.29) is 5.56 Å². The lowest BCUT2D eigenvalue weighted by molar-refractivity contribution is 0.241. The highest BCUT2D eigenvalue weighted by Gasteiger charge is 2.24. The molecule has 1 aliphatic carbocycles. The molecule has 0 bridgehead atoms. The van der Waals surface area contributed by atoms with Gasteiger partial charge in [-0.05, 0) is 30.5 Å². The first-order valence-electron chi connectivity index (χ1n) is 9.56. The first-order valence-corrected chi connectivity index (χ1v) is 9.56. The molecule has 2 heterocycles. The Morgan fingerprint density at radius 2 is 2.12 bits per heavy atom. The topological polar surface area (TPSA) is 72.8 Å². The smallest absolute Gasteiger partial charge is 0.255 e. The van der Waals surface area contributed by atoms with Gasteiger partial charge in [0.15, 0.2) is 0 Å². The largest absolute Gasteiger partial charge is 0.310 e. The minimum absolute atomic E-state index is 0.0334. The van der Waals surface area contributed by atoms with E-state index in [1.807, 2.05) is 24.3 Å². The van der Waals surface area contributed by atoms with Crippen molar-refractivity contribution in [3.05, 3.63) is 62.8 Å². The molecule has 1 saturated carbocycles. The van der Waals surface area contributed by atoms with E-state index in [1.54, 1.807) is 0 Å². The molecule has 0 spiro atoms. The lowest BCUT2D eigenvalue weighted by atomic mass is 9.88. The summed E-state index contributed by atoms with van der Waals surface area (Å²) in [5.74, 6) is 1.33. The number of nitriles is 1. The van der Waals surface area contributed by atoms with Gasteiger partial charge in [-0.3, -0.25) is 9.69 Å². The van der Waals surface area contributed by atoms with E-state index >= 15 is 0 Å². The van der Waals surface area contributed by atoms with Crippen LogP contribution in [-0.4, -0.2) is 21.4 Å². The van der Waals surface area contributed by atoms with Crippen molar-refractivity contribution in [2.45, 2.75) is 57.5 Å². The molecule has 0 atom stereocenters. The maximum Gasteiger partial charge on any atom is 0.255 e. The van der Waals surface area contributed by atoms with E-state index in [2.05, 4.69) is 16.0 Å². The zero-order valence-electron chi connectivity index (χ0n) is 15.0. The third kappa shape index (κ3) is 3.56. The van der Waals surface area contributed by atoms with E-state index in [0.717, 1.165) is 55.0 Å². The fourth-order valence-electron chi connectivity index (χ4n) is 4.20. The molecule has 0 amide bonds. The van der Waals surface area contributed by atoms with Crippen molar-refractivity contribution in [3.63, 3.8) is 0 Å². The number of aromatic nitrogens is 2. The molecule has 134 valence electrons. The van der Waals surface area contributed by atoms with Crippen molar-refractivity contribution in [2.24, 2.45) is 0 Å². The minimum atomic E-state index is 0.0334. The van der Waals surface area contributed by atoms with Crippen LogP contribution < -0.4 is 5.56 Å². The summed E-state index contributed by atoms with van der Waals surface area (Å²) in [6.07, 6.45) is 6.87. The van der Waals surface area contributed by atoms with Gasteiger partial charge in [-0.25, -0.2) is 4.98 Å². The minimum Gasteiger partial charge on any atom is -0.310 e. The second-order valence-corrected chi connectivity index (χ2v) is 7.48. The highest BCUT2D eigenvalue weighted by molar-refractivity contribution is 5.33. The first kappa shape index (κ1) is 17.0. The van der Waals surface area contributed by atoms with Crippen molar-refractivity contribution >= 4 is 0 Å². The number of hydrogen-bond acceptors (Lipinski definition) is 4. The highest BCUT2D eigenvalue weighted by atomic mass is 16.1. The standard InChI is InChI=1S/C21H24N4O/c22-12-15-5-4-6-16(11-15)13-25-10-9-19-18(14-25)21(26)24-20(23-19)17-7-2-1-3-8-17/h4-6,11,17H,1-3,7-10,13-14H2,(H,23,24,26). The third-order valence-electron chi connectivity index (χ3n) is 5.62. The van der Waals surface area contributed by atoms with Gasteiger partial charge in [0.1, 0.15) is 5.82 Å². The van der Waals surface area contributed by atoms with E-state index in [0.29, 0.717) is 18.0 Å². The Morgan fingerprint density at radius 1 is 1.27 bits per heavy atom. The Morgan fingerprint density at radius 3 is 2.92 bits per heavy atom. The molecule has 1 fully saturated rings. The average Bonchev–Trinajstić information content (AvgIpc) is 2.69. The van der Waals surface area contributed by atoms with Gasteiger partial charge < -0.3 is 4.98 Å². The predicted molar refractivity (Wildman–Crippen MR) is 99.7 cm³/mol. The summed E-state index contributed by atoms with van der Waals surface area (Å²) in [5, 5.41) is 9.05. The number of fused-ring (bicyclic) bond motifs is 1. The van der Waals surface area contributed by atoms with Crippen molar-refractivity contribution in [1.29, 1.82) is 5.26 Å². The van der Waals surface area contributed by atoms with Gasteiger partial charge in [0, 0.05) is 32.0 Å². The summed E-state index contributed by atoms with van der Waals surface area (Å²) in [6.45, 7) is 2.27. The maximum atomic E-state index is 12.7. The third-order valence-corrected chi connectivity index (χ3v) is 5.62. The van der Waals surface area contributed by atoms with Crippen LogP contribution in [0.15, 0.2) is 29.1 Å². The molecule has 0 saturated heterocycles. The van der Waals surface area contributed by atoms with Crippen LogP contribution in [0.4, 0.5) is 0 Å². The van der Waals surface area contributed by atoms with Gasteiger partial charge in [-0.15, -0.1) is 0 Å². The molecule has 26 heavy (non-hydrogen) atoms. The lowest BCUT2D eigenvalue weighted by Crippen LogP contribution is -2.36. The van der Waals surface area contributed by atoms with Crippen molar-refractivity contribution in [2.75, 3.05) is 6.54 Å². The Hall–Kier alpha value is -2.45. The summed E-state index contributed by atoms with van der Waals surface area (Å²) in [7, 11) is 0. The summed E-state index contributed by atoms with van der Waals surface area (Å²) in [4.78, 5) is 22.8. The van der Waals surface area contributed by atoms with Crippen molar-refractivity contribution in [1.82, 2.24) is 14.9 Å². The van der Waals surface area contributed by atoms with Gasteiger partial charge in [0.05, 0.1) is 22.9 Å². The first-order chi connectivity index (χ1) is 12.7. The van der Waals surface area contributed by atoms with Gasteiger partial charge in [-0.1, -0.05) is 31.4 Å². The SMILES string of the molecule is N#Cc1cccc(CN2CCc3nc(C4CCCCC4)[nH]c(=O)c3C2)c1. The van der Waals surface area contributed by atoms with E-state index < -0.39 is 0 Å². The normalized spacial score (nSPS) is 18.3. The van der Waals surface area contributed by atoms with Crippen molar-refractivity contribution < 1.29 is 0 Å². The van der Waals surface area contributed by atoms with E-state index in [9.17, 15) is 4.79 Å². The van der Waals surface area contributed by atoms with Crippen LogP contribution in [0, 0.1) is 11.3 Å². The van der Waals surface area contributed by atoms with Crippen LogP contribution in [0.3, 0.4) is 0 Å². The predicted octanol–water partition coefficient (Wildman–Crippen LogP) is 3.25. The quantitative estimate of drug-likeness (QED) is 0.924. The number of hydrogen-bond donors (Lipinski definition) is 1. The number of benzene rings is 1. The fourth-order valence-corrected chi connectivity index (χ4v) is 4.20. The molecule has 5 heteroatoms. The summed E-state index contributed by atoms with van der Waals surface area (Å²) < 4.78 is 0. The molecule has 2 aliphatic rings. The van der Waals surface area contributed by atoms with Gasteiger partial charge in [0.2, 0.25) is 0 Å². The molecule has 0 unspecified atom stereocenters. The van der Waals surface area contributed by atoms with Crippen LogP contribution in [0.1, 0.15) is 66.2 Å². The molecule has 0 radical (unpaired) electrons. The van der Waals surface area contributed by atoms with Crippen LogP contribution in [-0.2, 0) is 19.5 Å². The monoisotopic (exact) mass is 348 g/mol. The molecule has 1 aromatic carbocycles. The zero-order valence-corrected chi connectivity index (χ0v) is 15.0. The molecular formula is C21H24N4O. The van der Waals surface area contributed by atoms with E-state index in [4.69, 9.17) is 10.2 Å². The van der Waals surface area contributed by atoms with Crippen LogP contribution >= 0.6 is 0 Å². The number of aromatic amines is 1. The fraction of sp³-hybridized carbons (Fsp3) is 0.476. The van der Waals surface area contributed by atoms with Crippen LogP contribution in [0.2, 0.25) is 0 Å². The zero-order chi connectivity index (χ0) is 17.9. The summed E-state index contributed by atoms with van der Waals surface area (Å²) in [6, 6.07) is 9.87. The molecular weight excluding hydrogens is 324 g/mol. The Bertz CT molecular complexity index is 890. The van der Waals surface area contributed by atoms with Crippen LogP contribution in [0.5, 0.6) is 0 Å². The maximum absolute atomic E-state index is 12.7. The summed E-state index contributed by atoms with van der Waals surface area (Å²) >= 11 is 0. The number of H-pyrrole nitrogens is 1. The second-order valence-electron chi connectivity index (χ2n) is 7.48. The molecule has 4 rings (SSSR count). The molecule has 1 aliphatic heterocycles. The number of nitrogens with zero attached hydrogens (tertiary/aromatic N) is 3. The van der Waals surface area contributed by atoms with Crippen LogP contribution in [0.25, 0.3) is 0 Å².